The van der Waals surface area contributed by atoms with Gasteiger partial charge in [-0.3, -0.25) is 10.1 Å². The third-order valence-electron chi connectivity index (χ3n) is 1.71. The lowest BCUT2D eigenvalue weighted by Gasteiger charge is -1.89. The van der Waals surface area contributed by atoms with Gasteiger partial charge in [0.1, 0.15) is 0 Å². The van der Waals surface area contributed by atoms with Crippen molar-refractivity contribution >= 4 is 32.1 Å². The summed E-state index contributed by atoms with van der Waals surface area (Å²) in [4.78, 5) is 10.1. The molecule has 13 heavy (non-hydrogen) atoms. The second-order valence-corrected chi connectivity index (χ2v) is 3.70. The average Bonchev–Trinajstić information content (AvgIpc) is 2.46. The molecule has 2 aromatic rings. The smallest absolute Gasteiger partial charge is 0.325 e. The molecular weight excluding hydrogens is 188 g/mol. The van der Waals surface area contributed by atoms with Gasteiger partial charge in [-0.1, -0.05) is 17.4 Å². The monoisotopic (exact) mass is 194 g/mol. The van der Waals surface area contributed by atoms with Gasteiger partial charge >= 0.3 is 5.00 Å². The van der Waals surface area contributed by atoms with Crippen LogP contribution >= 0.6 is 11.3 Å². The first kappa shape index (κ1) is 8.00. The van der Waals surface area contributed by atoms with Crippen molar-refractivity contribution in [3.63, 3.8) is 0 Å². The van der Waals surface area contributed by atoms with Crippen molar-refractivity contribution in [3.8, 4) is 0 Å². The predicted molar refractivity (Wildman–Crippen MR) is 52.9 cm³/mol. The van der Waals surface area contributed by atoms with E-state index in [0.29, 0.717) is 5.69 Å². The predicted octanol–water partition coefficient (Wildman–Crippen LogP) is 2.39. The van der Waals surface area contributed by atoms with Gasteiger partial charge in [0.2, 0.25) is 0 Å². The van der Waals surface area contributed by atoms with Crippen molar-refractivity contribution in [1.29, 1.82) is 0 Å². The minimum absolute atomic E-state index is 0.153. The quantitative estimate of drug-likeness (QED) is 0.430. The Morgan fingerprint density at radius 2 is 2.15 bits per heavy atom. The topological polar surface area (TPSA) is 69.2 Å². The highest BCUT2D eigenvalue weighted by molar-refractivity contribution is 7.22. The normalized spacial score (nSPS) is 10.5. The van der Waals surface area contributed by atoms with Crippen LogP contribution in [0.5, 0.6) is 0 Å². The lowest BCUT2D eigenvalue weighted by atomic mass is 10.2. The molecule has 1 aromatic heterocycles. The summed E-state index contributed by atoms with van der Waals surface area (Å²) in [6.07, 6.45) is 0. The number of thiophene rings is 1. The second-order valence-electron chi connectivity index (χ2n) is 2.64. The summed E-state index contributed by atoms with van der Waals surface area (Å²) in [7, 11) is 0. The Labute approximate surface area is 77.7 Å². The average molecular weight is 194 g/mol. The first-order chi connectivity index (χ1) is 6.16. The molecular formula is C8H6N2O2S. The van der Waals surface area contributed by atoms with Crippen LogP contribution in [0.4, 0.5) is 10.7 Å². The van der Waals surface area contributed by atoms with E-state index >= 15 is 0 Å². The molecule has 0 unspecified atom stereocenters. The minimum atomic E-state index is -0.388. The van der Waals surface area contributed by atoms with E-state index in [0.717, 1.165) is 21.4 Å². The first-order valence-corrected chi connectivity index (χ1v) is 4.42. The standard InChI is InChI=1S/C8H6N2O2S/c9-6-2-1-5-3-8(10(11)12)13-7(5)4-6/h1-4H,9H2. The molecule has 0 fully saturated rings. The second kappa shape index (κ2) is 2.70. The van der Waals surface area contributed by atoms with Gasteiger partial charge in [-0.25, -0.2) is 0 Å². The number of fused-ring (bicyclic) bond motifs is 1. The first-order valence-electron chi connectivity index (χ1n) is 3.60. The van der Waals surface area contributed by atoms with Gasteiger partial charge in [-0.05, 0) is 17.5 Å². The van der Waals surface area contributed by atoms with Crippen LogP contribution in [0.2, 0.25) is 0 Å². The zero-order valence-corrected chi connectivity index (χ0v) is 7.38. The molecule has 0 saturated heterocycles. The fourth-order valence-electron chi connectivity index (χ4n) is 1.12. The van der Waals surface area contributed by atoms with E-state index in [1.54, 1.807) is 24.3 Å². The summed E-state index contributed by atoms with van der Waals surface area (Å²) in [5, 5.41) is 11.5. The highest BCUT2D eigenvalue weighted by Crippen LogP contribution is 2.32. The van der Waals surface area contributed by atoms with E-state index in [4.69, 9.17) is 5.73 Å². The fraction of sp³-hybridized carbons (Fsp3) is 0. The molecule has 0 bridgehead atoms. The molecule has 66 valence electrons. The van der Waals surface area contributed by atoms with Crippen LogP contribution in [0.1, 0.15) is 0 Å². The molecule has 0 radical (unpaired) electrons. The number of nitro groups is 1. The fourth-order valence-corrected chi connectivity index (χ4v) is 2.05. The summed E-state index contributed by atoms with van der Waals surface area (Å²) in [6, 6.07) is 6.82. The van der Waals surface area contributed by atoms with Crippen molar-refractivity contribution in [3.05, 3.63) is 34.4 Å². The third kappa shape index (κ3) is 1.33. The van der Waals surface area contributed by atoms with Crippen LogP contribution in [0.25, 0.3) is 10.1 Å². The van der Waals surface area contributed by atoms with Crippen LogP contribution in [0, 0.1) is 10.1 Å². The Morgan fingerprint density at radius 3 is 2.85 bits per heavy atom. The van der Waals surface area contributed by atoms with Gasteiger partial charge in [0.05, 0.1) is 4.92 Å². The maximum atomic E-state index is 10.4. The summed E-state index contributed by atoms with van der Waals surface area (Å²) < 4.78 is 0.853. The summed E-state index contributed by atoms with van der Waals surface area (Å²) >= 11 is 1.14. The van der Waals surface area contributed by atoms with Crippen molar-refractivity contribution < 1.29 is 4.92 Å². The van der Waals surface area contributed by atoms with Crippen LogP contribution in [-0.2, 0) is 0 Å². The molecule has 0 amide bonds. The zero-order chi connectivity index (χ0) is 9.42. The molecule has 1 aromatic carbocycles. The third-order valence-corrected chi connectivity index (χ3v) is 2.76. The lowest BCUT2D eigenvalue weighted by molar-refractivity contribution is -0.380. The number of nitrogens with two attached hydrogens (primary N) is 1. The number of rotatable bonds is 1. The summed E-state index contributed by atoms with van der Waals surface area (Å²) in [6.45, 7) is 0. The largest absolute Gasteiger partial charge is 0.399 e. The highest BCUT2D eigenvalue weighted by Gasteiger charge is 2.10. The van der Waals surface area contributed by atoms with E-state index < -0.39 is 0 Å². The van der Waals surface area contributed by atoms with E-state index in [1.807, 2.05) is 0 Å². The van der Waals surface area contributed by atoms with Crippen LogP contribution in [0.3, 0.4) is 0 Å². The molecule has 0 aliphatic heterocycles. The molecule has 1 heterocycles. The van der Waals surface area contributed by atoms with Crippen molar-refractivity contribution in [1.82, 2.24) is 0 Å². The molecule has 5 heteroatoms. The van der Waals surface area contributed by atoms with Gasteiger partial charge in [0.25, 0.3) is 0 Å². The number of benzene rings is 1. The molecule has 0 spiro atoms. The van der Waals surface area contributed by atoms with Gasteiger partial charge < -0.3 is 5.73 Å². The van der Waals surface area contributed by atoms with Crippen molar-refractivity contribution in [2.45, 2.75) is 0 Å². The SMILES string of the molecule is Nc1ccc2cc([N+](=O)[O-])sc2c1. The molecule has 2 rings (SSSR count). The molecule has 0 aliphatic carbocycles. The van der Waals surface area contributed by atoms with E-state index in [2.05, 4.69) is 0 Å². The Kier molecular flexibility index (Phi) is 1.66. The van der Waals surface area contributed by atoms with Gasteiger partial charge in [-0.2, -0.15) is 0 Å². The lowest BCUT2D eigenvalue weighted by Crippen LogP contribution is -1.80. The summed E-state index contributed by atoms with van der Waals surface area (Å²) in [5.41, 5.74) is 6.17. The van der Waals surface area contributed by atoms with E-state index in [1.165, 1.54) is 0 Å². The molecule has 0 aliphatic rings. The maximum Gasteiger partial charge on any atom is 0.325 e. The number of anilines is 1. The number of hydrogen-bond acceptors (Lipinski definition) is 4. The maximum absolute atomic E-state index is 10.4. The van der Waals surface area contributed by atoms with Crippen molar-refractivity contribution in [2.24, 2.45) is 0 Å². The minimum Gasteiger partial charge on any atom is -0.399 e. The number of hydrogen-bond donors (Lipinski definition) is 1. The van der Waals surface area contributed by atoms with Crippen molar-refractivity contribution in [2.75, 3.05) is 5.73 Å². The highest BCUT2D eigenvalue weighted by atomic mass is 32.1. The molecule has 4 nitrogen and oxygen atoms in total. The van der Waals surface area contributed by atoms with E-state index in [9.17, 15) is 10.1 Å². The number of nitrogens with zero attached hydrogens (tertiary/aromatic N) is 1. The Bertz CT molecular complexity index is 478. The Balaban J connectivity index is 2.68. The van der Waals surface area contributed by atoms with Crippen LogP contribution in [0.15, 0.2) is 24.3 Å². The van der Waals surface area contributed by atoms with Crippen LogP contribution in [-0.4, -0.2) is 4.92 Å². The summed E-state index contributed by atoms with van der Waals surface area (Å²) in [5.74, 6) is 0. The number of nitrogen functional groups attached to an aromatic ring is 1. The van der Waals surface area contributed by atoms with Crippen LogP contribution < -0.4 is 5.73 Å². The van der Waals surface area contributed by atoms with Gasteiger partial charge in [-0.15, -0.1) is 0 Å². The Hall–Kier alpha value is -1.62. The Morgan fingerprint density at radius 1 is 1.38 bits per heavy atom. The van der Waals surface area contributed by atoms with E-state index in [-0.39, 0.29) is 9.92 Å². The zero-order valence-electron chi connectivity index (χ0n) is 6.56. The molecule has 2 N–H and O–H groups in total. The van der Waals surface area contributed by atoms with Gasteiger partial charge in [0, 0.05) is 16.5 Å². The molecule has 0 saturated carbocycles. The molecule has 0 atom stereocenters. The van der Waals surface area contributed by atoms with Gasteiger partial charge in [0.15, 0.2) is 0 Å².